The standard InChI is InChI=1S/C13H15ClO4/c1-18-12-8-9(6-7-10(12)14)11(15)4-2-3-5-13(16)17/h6-8H,2-5H2,1H3,(H,16,17). The Morgan fingerprint density at radius 2 is 1.94 bits per heavy atom. The zero-order valence-electron chi connectivity index (χ0n) is 10.1. The number of hydrogen-bond acceptors (Lipinski definition) is 3. The van der Waals surface area contributed by atoms with Gasteiger partial charge in [-0.2, -0.15) is 0 Å². The lowest BCUT2D eigenvalue weighted by molar-refractivity contribution is -0.137. The van der Waals surface area contributed by atoms with Crippen LogP contribution >= 0.6 is 11.6 Å². The topological polar surface area (TPSA) is 63.6 Å². The van der Waals surface area contributed by atoms with E-state index in [1.54, 1.807) is 18.2 Å². The lowest BCUT2D eigenvalue weighted by Gasteiger charge is -2.05. The van der Waals surface area contributed by atoms with Crippen molar-refractivity contribution in [2.24, 2.45) is 0 Å². The number of carboxylic acids is 1. The number of carboxylic acid groups (broad SMARTS) is 1. The highest BCUT2D eigenvalue weighted by atomic mass is 35.5. The van der Waals surface area contributed by atoms with Crippen molar-refractivity contribution < 1.29 is 19.4 Å². The molecular formula is C13H15ClO4. The summed E-state index contributed by atoms with van der Waals surface area (Å²) in [6.07, 6.45) is 1.50. The number of unbranched alkanes of at least 4 members (excludes halogenated alkanes) is 1. The first-order valence-electron chi connectivity index (χ1n) is 5.63. The Labute approximate surface area is 111 Å². The second-order valence-electron chi connectivity index (χ2n) is 3.87. The number of ketones is 1. The third kappa shape index (κ3) is 4.37. The zero-order chi connectivity index (χ0) is 13.5. The molecule has 0 bridgehead atoms. The maximum atomic E-state index is 11.8. The fourth-order valence-corrected chi connectivity index (χ4v) is 1.73. The van der Waals surface area contributed by atoms with E-state index in [-0.39, 0.29) is 12.2 Å². The van der Waals surface area contributed by atoms with Gasteiger partial charge < -0.3 is 9.84 Å². The van der Waals surface area contributed by atoms with Gasteiger partial charge in [0.05, 0.1) is 12.1 Å². The summed E-state index contributed by atoms with van der Waals surface area (Å²) < 4.78 is 5.03. The van der Waals surface area contributed by atoms with Gasteiger partial charge in [-0.3, -0.25) is 9.59 Å². The smallest absolute Gasteiger partial charge is 0.303 e. The summed E-state index contributed by atoms with van der Waals surface area (Å²) in [5.74, 6) is -0.404. The normalized spacial score (nSPS) is 10.1. The van der Waals surface area contributed by atoms with Crippen LogP contribution in [0.4, 0.5) is 0 Å². The highest BCUT2D eigenvalue weighted by Gasteiger charge is 2.09. The van der Waals surface area contributed by atoms with E-state index in [9.17, 15) is 9.59 Å². The minimum atomic E-state index is -0.837. The fourth-order valence-electron chi connectivity index (χ4n) is 1.54. The Hall–Kier alpha value is -1.55. The van der Waals surface area contributed by atoms with Gasteiger partial charge in [-0.05, 0) is 31.0 Å². The number of carbonyl (C=O) groups excluding carboxylic acids is 1. The van der Waals surface area contributed by atoms with Gasteiger partial charge >= 0.3 is 5.97 Å². The quantitative estimate of drug-likeness (QED) is 0.610. The van der Waals surface area contributed by atoms with Crippen molar-refractivity contribution in [1.82, 2.24) is 0 Å². The first-order chi connectivity index (χ1) is 8.54. The second-order valence-corrected chi connectivity index (χ2v) is 4.28. The molecular weight excluding hydrogens is 256 g/mol. The van der Waals surface area contributed by atoms with Gasteiger partial charge in [0, 0.05) is 18.4 Å². The van der Waals surface area contributed by atoms with Crippen molar-refractivity contribution >= 4 is 23.4 Å². The maximum absolute atomic E-state index is 11.8. The van der Waals surface area contributed by atoms with Crippen LogP contribution < -0.4 is 4.74 Å². The van der Waals surface area contributed by atoms with E-state index in [1.807, 2.05) is 0 Å². The molecule has 0 heterocycles. The molecule has 0 spiro atoms. The van der Waals surface area contributed by atoms with Gasteiger partial charge in [-0.1, -0.05) is 11.6 Å². The first-order valence-corrected chi connectivity index (χ1v) is 6.01. The van der Waals surface area contributed by atoms with E-state index in [1.165, 1.54) is 7.11 Å². The Bertz CT molecular complexity index is 443. The molecule has 0 amide bonds. The van der Waals surface area contributed by atoms with E-state index in [4.69, 9.17) is 21.4 Å². The summed E-state index contributed by atoms with van der Waals surface area (Å²) >= 11 is 5.86. The predicted molar refractivity (Wildman–Crippen MR) is 68.4 cm³/mol. The number of ether oxygens (including phenoxy) is 1. The highest BCUT2D eigenvalue weighted by Crippen LogP contribution is 2.25. The monoisotopic (exact) mass is 270 g/mol. The van der Waals surface area contributed by atoms with Crippen LogP contribution in [-0.2, 0) is 4.79 Å². The summed E-state index contributed by atoms with van der Waals surface area (Å²) in [4.78, 5) is 22.1. The second kappa shape index (κ2) is 7.01. The molecule has 0 aliphatic rings. The average molecular weight is 271 g/mol. The number of hydrogen-bond donors (Lipinski definition) is 1. The first kappa shape index (κ1) is 14.5. The largest absolute Gasteiger partial charge is 0.495 e. The van der Waals surface area contributed by atoms with Gasteiger partial charge in [0.1, 0.15) is 5.75 Å². The number of benzene rings is 1. The molecule has 0 atom stereocenters. The van der Waals surface area contributed by atoms with Crippen LogP contribution in [-0.4, -0.2) is 24.0 Å². The van der Waals surface area contributed by atoms with E-state index in [2.05, 4.69) is 0 Å². The Morgan fingerprint density at radius 1 is 1.28 bits per heavy atom. The number of rotatable bonds is 7. The Morgan fingerprint density at radius 3 is 2.56 bits per heavy atom. The van der Waals surface area contributed by atoms with Gasteiger partial charge in [-0.15, -0.1) is 0 Å². The van der Waals surface area contributed by atoms with Crippen molar-refractivity contribution in [3.8, 4) is 5.75 Å². The number of halogens is 1. The predicted octanol–water partition coefficient (Wildman–Crippen LogP) is 3.18. The number of Topliss-reactive ketones (excluding diaryl/α,β-unsaturated/α-hetero) is 1. The average Bonchev–Trinajstić information content (AvgIpc) is 2.34. The number of methoxy groups -OCH3 is 1. The van der Waals surface area contributed by atoms with Crippen molar-refractivity contribution in [2.45, 2.75) is 25.7 Å². The summed E-state index contributed by atoms with van der Waals surface area (Å²) in [5, 5.41) is 8.94. The van der Waals surface area contributed by atoms with Crippen LogP contribution in [0.1, 0.15) is 36.0 Å². The van der Waals surface area contributed by atoms with Gasteiger partial charge in [0.2, 0.25) is 0 Å². The van der Waals surface area contributed by atoms with Crippen LogP contribution in [0.2, 0.25) is 5.02 Å². The molecule has 0 fully saturated rings. The number of aliphatic carboxylic acids is 1. The van der Waals surface area contributed by atoms with Crippen LogP contribution in [0.25, 0.3) is 0 Å². The molecule has 1 aromatic rings. The van der Waals surface area contributed by atoms with Crippen LogP contribution in [0.5, 0.6) is 5.75 Å². The van der Waals surface area contributed by atoms with Crippen LogP contribution in [0.3, 0.4) is 0 Å². The number of carbonyl (C=O) groups is 2. The Kier molecular flexibility index (Phi) is 5.65. The minimum absolute atomic E-state index is 0.0321. The molecule has 0 aromatic heterocycles. The lowest BCUT2D eigenvalue weighted by Crippen LogP contribution is -2.01. The molecule has 0 radical (unpaired) electrons. The molecule has 0 unspecified atom stereocenters. The fraction of sp³-hybridized carbons (Fsp3) is 0.385. The molecule has 1 aromatic carbocycles. The molecule has 0 saturated carbocycles. The summed E-state index contributed by atoms with van der Waals surface area (Å²) in [7, 11) is 1.49. The molecule has 5 heteroatoms. The zero-order valence-corrected chi connectivity index (χ0v) is 10.9. The van der Waals surface area contributed by atoms with Gasteiger partial charge in [-0.25, -0.2) is 0 Å². The molecule has 18 heavy (non-hydrogen) atoms. The molecule has 0 aliphatic heterocycles. The Balaban J connectivity index is 2.53. The summed E-state index contributed by atoms with van der Waals surface area (Å²) in [6, 6.07) is 4.86. The lowest BCUT2D eigenvalue weighted by atomic mass is 10.0. The molecule has 0 saturated heterocycles. The van der Waals surface area contributed by atoms with E-state index in [0.717, 1.165) is 0 Å². The maximum Gasteiger partial charge on any atom is 0.303 e. The minimum Gasteiger partial charge on any atom is -0.495 e. The van der Waals surface area contributed by atoms with E-state index in [0.29, 0.717) is 35.6 Å². The molecule has 1 N–H and O–H groups in total. The van der Waals surface area contributed by atoms with Crippen molar-refractivity contribution in [1.29, 1.82) is 0 Å². The third-order valence-corrected chi connectivity index (χ3v) is 2.83. The van der Waals surface area contributed by atoms with Gasteiger partial charge in [0.25, 0.3) is 0 Å². The SMILES string of the molecule is COc1cc(C(=O)CCCCC(=O)O)ccc1Cl. The summed E-state index contributed by atoms with van der Waals surface area (Å²) in [6.45, 7) is 0. The molecule has 4 nitrogen and oxygen atoms in total. The summed E-state index contributed by atoms with van der Waals surface area (Å²) in [5.41, 5.74) is 0.534. The van der Waals surface area contributed by atoms with Gasteiger partial charge in [0.15, 0.2) is 5.78 Å². The van der Waals surface area contributed by atoms with Crippen molar-refractivity contribution in [3.63, 3.8) is 0 Å². The van der Waals surface area contributed by atoms with Crippen molar-refractivity contribution in [2.75, 3.05) is 7.11 Å². The van der Waals surface area contributed by atoms with Crippen LogP contribution in [0, 0.1) is 0 Å². The highest BCUT2D eigenvalue weighted by molar-refractivity contribution is 6.32. The molecule has 98 valence electrons. The van der Waals surface area contributed by atoms with Crippen LogP contribution in [0.15, 0.2) is 18.2 Å². The molecule has 1 rings (SSSR count). The third-order valence-electron chi connectivity index (χ3n) is 2.52. The molecule has 0 aliphatic carbocycles. The van der Waals surface area contributed by atoms with E-state index < -0.39 is 5.97 Å². The van der Waals surface area contributed by atoms with E-state index >= 15 is 0 Å². The van der Waals surface area contributed by atoms with Crippen molar-refractivity contribution in [3.05, 3.63) is 28.8 Å².